The summed E-state index contributed by atoms with van der Waals surface area (Å²) < 4.78 is 4.90. The molecule has 1 aromatic rings. The topological polar surface area (TPSA) is 58.6 Å². The van der Waals surface area contributed by atoms with Gasteiger partial charge in [-0.2, -0.15) is 0 Å². The van der Waals surface area contributed by atoms with Gasteiger partial charge in [-0.15, -0.1) is 0 Å². The molecule has 2 amide bonds. The van der Waals surface area contributed by atoms with Crippen LogP contribution < -0.4 is 5.32 Å². The number of ether oxygens (including phenoxy) is 1. The van der Waals surface area contributed by atoms with Gasteiger partial charge in [-0.25, -0.2) is 4.79 Å². The van der Waals surface area contributed by atoms with E-state index in [1.807, 2.05) is 0 Å². The van der Waals surface area contributed by atoms with Crippen LogP contribution in [-0.2, 0) is 9.53 Å². The Bertz CT molecular complexity index is 494. The summed E-state index contributed by atoms with van der Waals surface area (Å²) in [4.78, 5) is 25.4. The lowest BCUT2D eigenvalue weighted by Crippen LogP contribution is -2.37. The van der Waals surface area contributed by atoms with Gasteiger partial charge in [0.05, 0.1) is 13.0 Å². The first kappa shape index (κ1) is 18.3. The van der Waals surface area contributed by atoms with E-state index < -0.39 is 0 Å². The standard InChI is InChI=1S/C16H23ClN2O3/c1-3-5-10-19(11-9-15(20)22-4-2)16(21)18-14-8-6-7-13(17)12-14/h6-8,12H,3-5,9-11H2,1-2H3,(H,18,21). The molecule has 22 heavy (non-hydrogen) atoms. The molecule has 0 heterocycles. The van der Waals surface area contributed by atoms with Crippen LogP contribution in [0.3, 0.4) is 0 Å². The number of anilines is 1. The number of urea groups is 1. The predicted octanol–water partition coefficient (Wildman–Crippen LogP) is 3.93. The normalized spacial score (nSPS) is 10.1. The van der Waals surface area contributed by atoms with Crippen molar-refractivity contribution in [3.8, 4) is 0 Å². The summed E-state index contributed by atoms with van der Waals surface area (Å²) in [6, 6.07) is 6.73. The monoisotopic (exact) mass is 326 g/mol. The first-order valence-electron chi connectivity index (χ1n) is 7.54. The maximum Gasteiger partial charge on any atom is 0.321 e. The summed E-state index contributed by atoms with van der Waals surface area (Å²) >= 11 is 5.90. The molecule has 0 fully saturated rings. The van der Waals surface area contributed by atoms with Crippen LogP contribution in [0.25, 0.3) is 0 Å². The zero-order chi connectivity index (χ0) is 16.4. The molecule has 1 rings (SSSR count). The van der Waals surface area contributed by atoms with Crippen molar-refractivity contribution in [3.63, 3.8) is 0 Å². The van der Waals surface area contributed by atoms with E-state index in [9.17, 15) is 9.59 Å². The lowest BCUT2D eigenvalue weighted by Gasteiger charge is -2.22. The molecule has 0 saturated heterocycles. The summed E-state index contributed by atoms with van der Waals surface area (Å²) in [5, 5.41) is 3.36. The minimum absolute atomic E-state index is 0.195. The van der Waals surface area contributed by atoms with Crippen molar-refractivity contribution in [3.05, 3.63) is 29.3 Å². The minimum atomic E-state index is -0.292. The molecule has 0 atom stereocenters. The van der Waals surface area contributed by atoms with Crippen LogP contribution in [0.2, 0.25) is 5.02 Å². The first-order valence-corrected chi connectivity index (χ1v) is 7.91. The molecule has 1 N–H and O–H groups in total. The average molecular weight is 327 g/mol. The Labute approximate surface area is 136 Å². The number of hydrogen-bond donors (Lipinski definition) is 1. The molecule has 0 saturated carbocycles. The van der Waals surface area contributed by atoms with Crippen molar-refractivity contribution in [2.24, 2.45) is 0 Å². The molecule has 0 aromatic heterocycles. The molecule has 0 radical (unpaired) electrons. The Morgan fingerprint density at radius 2 is 2.05 bits per heavy atom. The Kier molecular flexibility index (Phi) is 8.36. The number of benzene rings is 1. The fourth-order valence-electron chi connectivity index (χ4n) is 1.89. The van der Waals surface area contributed by atoms with E-state index in [2.05, 4.69) is 12.2 Å². The highest BCUT2D eigenvalue weighted by Crippen LogP contribution is 2.15. The number of hydrogen-bond acceptors (Lipinski definition) is 3. The predicted molar refractivity (Wildman–Crippen MR) is 88.2 cm³/mol. The van der Waals surface area contributed by atoms with Crippen LogP contribution in [0.15, 0.2) is 24.3 Å². The summed E-state index contributed by atoms with van der Waals surface area (Å²) in [5.41, 5.74) is 0.634. The van der Waals surface area contributed by atoms with Gasteiger partial charge >= 0.3 is 12.0 Å². The second kappa shape index (κ2) is 10.1. The fourth-order valence-corrected chi connectivity index (χ4v) is 2.08. The third kappa shape index (κ3) is 6.80. The van der Waals surface area contributed by atoms with E-state index in [0.29, 0.717) is 30.4 Å². The van der Waals surface area contributed by atoms with Crippen LogP contribution in [0.4, 0.5) is 10.5 Å². The molecule has 0 aliphatic carbocycles. The number of rotatable bonds is 8. The zero-order valence-corrected chi connectivity index (χ0v) is 13.9. The third-order valence-corrected chi connectivity index (χ3v) is 3.27. The molecule has 5 nitrogen and oxygen atoms in total. The van der Waals surface area contributed by atoms with Gasteiger partial charge in [-0.05, 0) is 31.5 Å². The van der Waals surface area contributed by atoms with E-state index in [4.69, 9.17) is 16.3 Å². The van der Waals surface area contributed by atoms with Gasteiger partial charge in [0.15, 0.2) is 0 Å². The summed E-state index contributed by atoms with van der Waals surface area (Å²) in [6.45, 7) is 5.10. The molecule has 122 valence electrons. The molecule has 0 aliphatic heterocycles. The van der Waals surface area contributed by atoms with Gasteiger partial charge in [0.2, 0.25) is 0 Å². The molecular weight excluding hydrogens is 304 g/mol. The largest absolute Gasteiger partial charge is 0.466 e. The smallest absolute Gasteiger partial charge is 0.321 e. The number of esters is 1. The Morgan fingerprint density at radius 3 is 2.68 bits per heavy atom. The Morgan fingerprint density at radius 1 is 1.27 bits per heavy atom. The molecule has 0 spiro atoms. The molecule has 0 bridgehead atoms. The Hall–Kier alpha value is -1.75. The maximum absolute atomic E-state index is 12.3. The number of unbranched alkanes of at least 4 members (excludes halogenated alkanes) is 1. The highest BCUT2D eigenvalue weighted by molar-refractivity contribution is 6.30. The lowest BCUT2D eigenvalue weighted by atomic mass is 10.3. The quantitative estimate of drug-likeness (QED) is 0.736. The SMILES string of the molecule is CCCCN(CCC(=O)OCC)C(=O)Nc1cccc(Cl)c1. The van der Waals surface area contributed by atoms with E-state index in [-0.39, 0.29) is 18.4 Å². The van der Waals surface area contributed by atoms with E-state index in [1.54, 1.807) is 36.1 Å². The van der Waals surface area contributed by atoms with E-state index in [1.165, 1.54) is 0 Å². The Balaban J connectivity index is 2.61. The number of carbonyl (C=O) groups excluding carboxylic acids is 2. The molecule has 0 unspecified atom stereocenters. The van der Waals surface area contributed by atoms with Crippen LogP contribution >= 0.6 is 11.6 Å². The van der Waals surface area contributed by atoms with Crippen LogP contribution in [0.1, 0.15) is 33.1 Å². The number of nitrogens with one attached hydrogen (secondary N) is 1. The van der Waals surface area contributed by atoms with Crippen molar-refractivity contribution in [1.29, 1.82) is 0 Å². The fraction of sp³-hybridized carbons (Fsp3) is 0.500. The summed E-state index contributed by atoms with van der Waals surface area (Å²) in [6.07, 6.45) is 2.05. The van der Waals surface area contributed by atoms with Gasteiger partial charge in [0.1, 0.15) is 0 Å². The average Bonchev–Trinajstić information content (AvgIpc) is 2.47. The van der Waals surface area contributed by atoms with Crippen molar-refractivity contribution in [2.45, 2.75) is 33.1 Å². The van der Waals surface area contributed by atoms with Crippen molar-refractivity contribution in [1.82, 2.24) is 4.90 Å². The second-order valence-corrected chi connectivity index (χ2v) is 5.27. The lowest BCUT2D eigenvalue weighted by molar-refractivity contribution is -0.143. The molecule has 0 aliphatic rings. The van der Waals surface area contributed by atoms with Crippen molar-refractivity contribution in [2.75, 3.05) is 25.0 Å². The maximum atomic E-state index is 12.3. The minimum Gasteiger partial charge on any atom is -0.466 e. The molecular formula is C16H23ClN2O3. The van der Waals surface area contributed by atoms with Crippen molar-refractivity contribution < 1.29 is 14.3 Å². The van der Waals surface area contributed by atoms with Crippen LogP contribution in [0.5, 0.6) is 0 Å². The van der Waals surface area contributed by atoms with Gasteiger partial charge < -0.3 is 15.0 Å². The highest BCUT2D eigenvalue weighted by Gasteiger charge is 2.15. The van der Waals surface area contributed by atoms with E-state index in [0.717, 1.165) is 12.8 Å². The third-order valence-electron chi connectivity index (χ3n) is 3.04. The highest BCUT2D eigenvalue weighted by atomic mass is 35.5. The van der Waals surface area contributed by atoms with E-state index >= 15 is 0 Å². The van der Waals surface area contributed by atoms with Gasteiger partial charge in [-0.3, -0.25) is 4.79 Å². The van der Waals surface area contributed by atoms with Gasteiger partial charge in [0.25, 0.3) is 0 Å². The summed E-state index contributed by atoms with van der Waals surface area (Å²) in [7, 11) is 0. The number of halogens is 1. The number of carbonyl (C=O) groups is 2. The molecule has 6 heteroatoms. The van der Waals surface area contributed by atoms with Gasteiger partial charge in [0, 0.05) is 23.8 Å². The zero-order valence-electron chi connectivity index (χ0n) is 13.1. The summed E-state index contributed by atoms with van der Waals surface area (Å²) in [5.74, 6) is -0.292. The van der Waals surface area contributed by atoms with Crippen LogP contribution in [0, 0.1) is 0 Å². The van der Waals surface area contributed by atoms with Crippen molar-refractivity contribution >= 4 is 29.3 Å². The number of amides is 2. The first-order chi connectivity index (χ1) is 10.6. The second-order valence-electron chi connectivity index (χ2n) is 4.84. The molecule has 1 aromatic carbocycles. The number of nitrogens with zero attached hydrogens (tertiary/aromatic N) is 1. The van der Waals surface area contributed by atoms with Gasteiger partial charge in [-0.1, -0.05) is 31.0 Å². The van der Waals surface area contributed by atoms with Crippen LogP contribution in [-0.4, -0.2) is 36.6 Å².